The smallest absolute Gasteiger partial charge is 0.251 e. The minimum Gasteiger partial charge on any atom is -0.345 e. The van der Waals surface area contributed by atoms with Crippen LogP contribution in [0, 0.1) is 11.3 Å². The van der Waals surface area contributed by atoms with E-state index in [1.165, 1.54) is 0 Å². The number of nitriles is 1. The predicted octanol–water partition coefficient (Wildman–Crippen LogP) is 2.09. The molecule has 0 saturated heterocycles. The van der Waals surface area contributed by atoms with Crippen LogP contribution in [0.25, 0.3) is 0 Å². The van der Waals surface area contributed by atoms with E-state index >= 15 is 0 Å². The van der Waals surface area contributed by atoms with Crippen molar-refractivity contribution in [1.82, 2.24) is 10.6 Å². The standard InChI is InChI=1S/C19H17N3O2/c20-12-14-6-8-15(9-7-14)18(24)21-13-17(23)22-19(10-11-19)16-4-2-1-3-5-16/h1-9H,10-11,13H2,(H,21,24)(H,22,23). The molecule has 5 nitrogen and oxygen atoms in total. The second kappa shape index (κ2) is 6.55. The van der Waals surface area contributed by atoms with Gasteiger partial charge in [-0.1, -0.05) is 30.3 Å². The summed E-state index contributed by atoms with van der Waals surface area (Å²) in [6.45, 7) is -0.0760. The van der Waals surface area contributed by atoms with Crippen molar-refractivity contribution in [3.63, 3.8) is 0 Å². The van der Waals surface area contributed by atoms with Gasteiger partial charge in [0.15, 0.2) is 0 Å². The molecule has 120 valence electrons. The molecule has 0 aromatic heterocycles. The van der Waals surface area contributed by atoms with Crippen molar-refractivity contribution in [2.75, 3.05) is 6.54 Å². The zero-order chi connectivity index (χ0) is 17.0. The van der Waals surface area contributed by atoms with Crippen LogP contribution < -0.4 is 10.6 Å². The first-order valence-corrected chi connectivity index (χ1v) is 7.78. The first kappa shape index (κ1) is 15.8. The Kier molecular flexibility index (Phi) is 4.30. The van der Waals surface area contributed by atoms with Gasteiger partial charge in [0.25, 0.3) is 5.91 Å². The Bertz CT molecular complexity index is 788. The van der Waals surface area contributed by atoms with E-state index < -0.39 is 0 Å². The Hall–Kier alpha value is -3.13. The zero-order valence-electron chi connectivity index (χ0n) is 13.1. The number of nitrogens with zero attached hydrogens (tertiary/aromatic N) is 1. The number of hydrogen-bond donors (Lipinski definition) is 2. The molecule has 1 aliphatic rings. The van der Waals surface area contributed by atoms with Gasteiger partial charge in [0, 0.05) is 5.56 Å². The Balaban J connectivity index is 1.54. The number of amides is 2. The topological polar surface area (TPSA) is 82.0 Å². The maximum atomic E-state index is 12.1. The van der Waals surface area contributed by atoms with Gasteiger partial charge in [0.1, 0.15) is 0 Å². The normalized spacial score (nSPS) is 14.3. The molecule has 2 aromatic rings. The summed E-state index contributed by atoms with van der Waals surface area (Å²) in [4.78, 5) is 24.2. The van der Waals surface area contributed by atoms with Gasteiger partial charge in [-0.2, -0.15) is 5.26 Å². The van der Waals surface area contributed by atoms with Gasteiger partial charge in [-0.25, -0.2) is 0 Å². The summed E-state index contributed by atoms with van der Waals surface area (Å²) < 4.78 is 0. The van der Waals surface area contributed by atoms with Crippen molar-refractivity contribution in [2.24, 2.45) is 0 Å². The van der Waals surface area contributed by atoms with Gasteiger partial charge in [-0.05, 0) is 42.7 Å². The van der Waals surface area contributed by atoms with Gasteiger partial charge >= 0.3 is 0 Å². The summed E-state index contributed by atoms with van der Waals surface area (Å²) in [6, 6.07) is 18.1. The first-order chi connectivity index (χ1) is 11.6. The molecule has 2 aromatic carbocycles. The molecule has 0 unspecified atom stereocenters. The molecule has 24 heavy (non-hydrogen) atoms. The van der Waals surface area contributed by atoms with E-state index in [-0.39, 0.29) is 23.9 Å². The Morgan fingerprint density at radius 3 is 2.29 bits per heavy atom. The van der Waals surface area contributed by atoms with E-state index in [1.54, 1.807) is 24.3 Å². The summed E-state index contributed by atoms with van der Waals surface area (Å²) in [5.74, 6) is -0.544. The van der Waals surface area contributed by atoms with Crippen LogP contribution in [0.2, 0.25) is 0 Å². The van der Waals surface area contributed by atoms with Gasteiger partial charge in [0.05, 0.1) is 23.7 Å². The molecule has 1 fully saturated rings. The molecule has 5 heteroatoms. The lowest BCUT2D eigenvalue weighted by Crippen LogP contribution is -2.42. The van der Waals surface area contributed by atoms with Crippen LogP contribution >= 0.6 is 0 Å². The molecule has 0 radical (unpaired) electrons. The molecule has 2 N–H and O–H groups in total. The molecular weight excluding hydrogens is 302 g/mol. The van der Waals surface area contributed by atoms with E-state index in [1.807, 2.05) is 36.4 Å². The molecule has 2 amide bonds. The molecule has 0 spiro atoms. The molecule has 0 bridgehead atoms. The average molecular weight is 319 g/mol. The van der Waals surface area contributed by atoms with E-state index in [2.05, 4.69) is 10.6 Å². The maximum Gasteiger partial charge on any atom is 0.251 e. The van der Waals surface area contributed by atoms with Crippen molar-refractivity contribution in [2.45, 2.75) is 18.4 Å². The van der Waals surface area contributed by atoms with Crippen LogP contribution in [0.4, 0.5) is 0 Å². The highest BCUT2D eigenvalue weighted by Crippen LogP contribution is 2.45. The highest BCUT2D eigenvalue weighted by Gasteiger charge is 2.45. The average Bonchev–Trinajstić information content (AvgIpc) is 3.41. The van der Waals surface area contributed by atoms with Crippen LogP contribution in [0.3, 0.4) is 0 Å². The van der Waals surface area contributed by atoms with Crippen molar-refractivity contribution >= 4 is 11.8 Å². The fourth-order valence-electron chi connectivity index (χ4n) is 2.64. The zero-order valence-corrected chi connectivity index (χ0v) is 13.1. The molecule has 0 atom stereocenters. The lowest BCUT2D eigenvalue weighted by atomic mass is 10.1. The van der Waals surface area contributed by atoms with E-state index in [9.17, 15) is 9.59 Å². The highest BCUT2D eigenvalue weighted by molar-refractivity contribution is 5.96. The summed E-state index contributed by atoms with van der Waals surface area (Å²) in [5, 5.41) is 14.4. The van der Waals surface area contributed by atoms with Crippen molar-refractivity contribution in [3.8, 4) is 6.07 Å². The maximum absolute atomic E-state index is 12.1. The monoisotopic (exact) mass is 319 g/mol. The summed E-state index contributed by atoms with van der Waals surface area (Å²) >= 11 is 0. The molecule has 1 aliphatic carbocycles. The predicted molar refractivity (Wildman–Crippen MR) is 89.0 cm³/mol. The number of hydrogen-bond acceptors (Lipinski definition) is 3. The first-order valence-electron chi connectivity index (χ1n) is 7.78. The Morgan fingerprint density at radius 2 is 1.71 bits per heavy atom. The quantitative estimate of drug-likeness (QED) is 0.885. The minimum absolute atomic E-state index is 0.0760. The molecule has 1 saturated carbocycles. The van der Waals surface area contributed by atoms with Crippen LogP contribution in [0.1, 0.15) is 34.3 Å². The van der Waals surface area contributed by atoms with Crippen LogP contribution in [0.15, 0.2) is 54.6 Å². The highest BCUT2D eigenvalue weighted by atomic mass is 16.2. The lowest BCUT2D eigenvalue weighted by Gasteiger charge is -2.18. The van der Waals surface area contributed by atoms with Crippen molar-refractivity contribution in [1.29, 1.82) is 5.26 Å². The van der Waals surface area contributed by atoms with E-state index in [0.717, 1.165) is 18.4 Å². The molecule has 0 aliphatic heterocycles. The van der Waals surface area contributed by atoms with Crippen LogP contribution in [-0.4, -0.2) is 18.4 Å². The third-order valence-electron chi connectivity index (χ3n) is 4.14. The molecular formula is C19H17N3O2. The fraction of sp³-hybridized carbons (Fsp3) is 0.211. The Labute approximate surface area is 140 Å². The van der Waals surface area contributed by atoms with Crippen LogP contribution in [-0.2, 0) is 10.3 Å². The number of carbonyl (C=O) groups excluding carboxylic acids is 2. The third kappa shape index (κ3) is 3.44. The van der Waals surface area contributed by atoms with Gasteiger partial charge in [-0.15, -0.1) is 0 Å². The number of rotatable bonds is 5. The van der Waals surface area contributed by atoms with Crippen molar-refractivity contribution in [3.05, 3.63) is 71.3 Å². The number of benzene rings is 2. The Morgan fingerprint density at radius 1 is 1.04 bits per heavy atom. The van der Waals surface area contributed by atoms with Crippen LogP contribution in [0.5, 0.6) is 0 Å². The summed E-state index contributed by atoms with van der Waals surface area (Å²) in [7, 11) is 0. The van der Waals surface area contributed by atoms with Crippen molar-refractivity contribution < 1.29 is 9.59 Å². The lowest BCUT2D eigenvalue weighted by molar-refractivity contribution is -0.121. The SMILES string of the molecule is N#Cc1ccc(C(=O)NCC(=O)NC2(c3ccccc3)CC2)cc1. The summed E-state index contributed by atoms with van der Waals surface area (Å²) in [5.41, 5.74) is 1.72. The number of nitrogens with one attached hydrogen (secondary N) is 2. The van der Waals surface area contributed by atoms with Gasteiger partial charge < -0.3 is 10.6 Å². The molecule has 3 rings (SSSR count). The second-order valence-electron chi connectivity index (χ2n) is 5.87. The largest absolute Gasteiger partial charge is 0.345 e. The second-order valence-corrected chi connectivity index (χ2v) is 5.87. The van der Waals surface area contributed by atoms with Gasteiger partial charge in [-0.3, -0.25) is 9.59 Å². The summed E-state index contributed by atoms with van der Waals surface area (Å²) in [6.07, 6.45) is 1.82. The number of carbonyl (C=O) groups is 2. The third-order valence-corrected chi connectivity index (χ3v) is 4.14. The fourth-order valence-corrected chi connectivity index (χ4v) is 2.64. The van der Waals surface area contributed by atoms with E-state index in [4.69, 9.17) is 5.26 Å². The van der Waals surface area contributed by atoms with E-state index in [0.29, 0.717) is 11.1 Å². The van der Waals surface area contributed by atoms with Gasteiger partial charge in [0.2, 0.25) is 5.91 Å². The molecule has 0 heterocycles. The minimum atomic E-state index is -0.334.